The molecule has 2 rings (SSSR count). The van der Waals surface area contributed by atoms with Gasteiger partial charge in [-0.1, -0.05) is 33.4 Å². The van der Waals surface area contributed by atoms with Crippen LogP contribution in [0.2, 0.25) is 18.1 Å². The van der Waals surface area contributed by atoms with E-state index in [4.69, 9.17) is 13.9 Å². The molecule has 0 radical (unpaired) electrons. The normalized spacial score (nSPS) is 27.7. The third kappa shape index (κ3) is 4.65. The maximum absolute atomic E-state index is 13.1. The molecule has 0 aliphatic carbocycles. The molecule has 30 heavy (non-hydrogen) atoms. The van der Waals surface area contributed by atoms with Gasteiger partial charge in [0.2, 0.25) is 5.91 Å². The van der Waals surface area contributed by atoms with Gasteiger partial charge in [0.15, 0.2) is 8.32 Å². The Morgan fingerprint density at radius 2 is 2.03 bits per heavy atom. The van der Waals surface area contributed by atoms with Crippen molar-refractivity contribution in [3.63, 3.8) is 0 Å². The molecule has 0 unspecified atom stereocenters. The van der Waals surface area contributed by atoms with Gasteiger partial charge in [-0.3, -0.25) is 4.79 Å². The first-order chi connectivity index (χ1) is 13.6. The fraction of sp³-hybridized carbons (Fsp3) is 0.727. The highest BCUT2D eigenvalue weighted by atomic mass is 28.4. The van der Waals surface area contributed by atoms with Crippen LogP contribution in [0.1, 0.15) is 41.5 Å². The Balaban J connectivity index is 2.28. The summed E-state index contributed by atoms with van der Waals surface area (Å²) in [7, 11) is -2.09. The van der Waals surface area contributed by atoms with Crippen LogP contribution in [0.15, 0.2) is 24.5 Å². The van der Waals surface area contributed by atoms with Crippen LogP contribution < -0.4 is 0 Å². The summed E-state index contributed by atoms with van der Waals surface area (Å²) in [6.07, 6.45) is 2.21. The number of rotatable bonds is 7. The molecule has 0 aromatic heterocycles. The summed E-state index contributed by atoms with van der Waals surface area (Å²) in [4.78, 5) is 26.7. The number of carbonyl (C=O) groups excluding carboxylic acids is 2. The zero-order valence-corrected chi connectivity index (χ0v) is 20.5. The Hall–Kier alpha value is -1.64. The molecule has 0 spiro atoms. The molecule has 0 saturated carbocycles. The van der Waals surface area contributed by atoms with Crippen LogP contribution in [0.5, 0.6) is 0 Å². The van der Waals surface area contributed by atoms with E-state index < -0.39 is 31.8 Å². The zero-order chi connectivity index (χ0) is 23.1. The molecule has 0 aromatic carbocycles. The van der Waals surface area contributed by atoms with Crippen LogP contribution in [0.25, 0.3) is 0 Å². The van der Waals surface area contributed by atoms with Crippen molar-refractivity contribution in [3.8, 4) is 0 Å². The molecule has 0 bridgehead atoms. The standard InChI is InChI=1S/C22H37NO6Si/c1-10-11-27-17(25)12-16(24)15-13-28-22(6,7)23-19(15)18(20(23)26)14(2)29-30(8,9)21(3,4)5/h10,12,14-15,18-19,24H,1,11,13H2,2-9H3/b16-12+/t14-,15+,18-,19-/m1/s1. The second kappa shape index (κ2) is 8.47. The molecular formula is C22H37NO6Si. The number of β-lactam (4-membered cyclic amide) rings is 1. The lowest BCUT2D eigenvalue weighted by atomic mass is 9.72. The largest absolute Gasteiger partial charge is 0.512 e. The van der Waals surface area contributed by atoms with E-state index in [9.17, 15) is 14.7 Å². The van der Waals surface area contributed by atoms with Gasteiger partial charge >= 0.3 is 5.97 Å². The number of amides is 1. The van der Waals surface area contributed by atoms with Crippen molar-refractivity contribution in [3.05, 3.63) is 24.5 Å². The van der Waals surface area contributed by atoms with Crippen molar-refractivity contribution in [2.75, 3.05) is 13.2 Å². The average molecular weight is 440 g/mol. The van der Waals surface area contributed by atoms with Gasteiger partial charge in [-0.2, -0.15) is 0 Å². The number of ether oxygens (including phenoxy) is 2. The Morgan fingerprint density at radius 1 is 1.43 bits per heavy atom. The van der Waals surface area contributed by atoms with Crippen LogP contribution >= 0.6 is 0 Å². The van der Waals surface area contributed by atoms with E-state index in [0.717, 1.165) is 6.08 Å². The van der Waals surface area contributed by atoms with Crippen LogP contribution in [-0.2, 0) is 23.5 Å². The molecule has 1 N–H and O–H groups in total. The maximum Gasteiger partial charge on any atom is 0.334 e. The van der Waals surface area contributed by atoms with Crippen LogP contribution in [0.4, 0.5) is 0 Å². The Bertz CT molecular complexity index is 724. The highest BCUT2D eigenvalue weighted by Gasteiger charge is 2.62. The van der Waals surface area contributed by atoms with E-state index in [2.05, 4.69) is 40.4 Å². The molecule has 2 aliphatic rings. The first-order valence-corrected chi connectivity index (χ1v) is 13.4. The molecule has 0 aromatic rings. The van der Waals surface area contributed by atoms with Crippen molar-refractivity contribution >= 4 is 20.2 Å². The number of aliphatic hydroxyl groups is 1. The summed E-state index contributed by atoms with van der Waals surface area (Å²) in [6, 6.07) is -0.315. The molecule has 4 atom stereocenters. The molecule has 1 amide bonds. The second-order valence-corrected chi connectivity index (χ2v) is 14.9. The van der Waals surface area contributed by atoms with Crippen molar-refractivity contribution in [1.82, 2.24) is 4.90 Å². The molecule has 2 saturated heterocycles. The Labute approximate surface area is 181 Å². The summed E-state index contributed by atoms with van der Waals surface area (Å²) in [5.74, 6) is -1.79. The smallest absolute Gasteiger partial charge is 0.334 e. The number of nitrogens with zero attached hydrogens (tertiary/aromatic N) is 1. The van der Waals surface area contributed by atoms with Gasteiger partial charge in [-0.15, -0.1) is 0 Å². The minimum atomic E-state index is -2.09. The molecule has 170 valence electrons. The summed E-state index contributed by atoms with van der Waals surface area (Å²) < 4.78 is 17.3. The summed E-state index contributed by atoms with van der Waals surface area (Å²) in [6.45, 7) is 20.1. The lowest BCUT2D eigenvalue weighted by molar-refractivity contribution is -0.254. The van der Waals surface area contributed by atoms with Crippen LogP contribution in [0.3, 0.4) is 0 Å². The monoisotopic (exact) mass is 439 g/mol. The summed E-state index contributed by atoms with van der Waals surface area (Å²) >= 11 is 0. The predicted molar refractivity (Wildman–Crippen MR) is 117 cm³/mol. The fourth-order valence-electron chi connectivity index (χ4n) is 3.91. The molecule has 2 fully saturated rings. The summed E-state index contributed by atoms with van der Waals surface area (Å²) in [5, 5.41) is 10.7. The fourth-order valence-corrected chi connectivity index (χ4v) is 5.34. The van der Waals surface area contributed by atoms with Crippen molar-refractivity contribution in [2.24, 2.45) is 11.8 Å². The van der Waals surface area contributed by atoms with Crippen molar-refractivity contribution in [2.45, 2.75) is 77.5 Å². The number of esters is 1. The van der Waals surface area contributed by atoms with E-state index in [1.165, 1.54) is 6.08 Å². The molecule has 7 nitrogen and oxygen atoms in total. The number of aliphatic hydroxyl groups excluding tert-OH is 1. The van der Waals surface area contributed by atoms with E-state index in [1.807, 2.05) is 20.8 Å². The summed E-state index contributed by atoms with van der Waals surface area (Å²) in [5.41, 5.74) is -0.783. The van der Waals surface area contributed by atoms with Gasteiger partial charge in [0.05, 0.1) is 36.7 Å². The lowest BCUT2D eigenvalue weighted by Gasteiger charge is -2.61. The number of hydrogen-bond donors (Lipinski definition) is 1. The molecule has 8 heteroatoms. The van der Waals surface area contributed by atoms with Gasteiger partial charge in [-0.05, 0) is 38.9 Å². The molecular weight excluding hydrogens is 402 g/mol. The Morgan fingerprint density at radius 3 is 2.57 bits per heavy atom. The molecule has 2 aliphatic heterocycles. The van der Waals surface area contributed by atoms with Gasteiger partial charge in [0.25, 0.3) is 0 Å². The zero-order valence-electron chi connectivity index (χ0n) is 19.5. The molecule has 2 heterocycles. The average Bonchev–Trinajstić information content (AvgIpc) is 2.56. The first-order valence-electron chi connectivity index (χ1n) is 10.5. The van der Waals surface area contributed by atoms with E-state index in [0.29, 0.717) is 0 Å². The first kappa shape index (κ1) is 24.6. The third-order valence-corrected chi connectivity index (χ3v) is 11.2. The number of hydrogen-bond acceptors (Lipinski definition) is 6. The quantitative estimate of drug-likeness (QED) is 0.162. The minimum absolute atomic E-state index is 0.0129. The third-order valence-electron chi connectivity index (χ3n) is 6.58. The number of fused-ring (bicyclic) bond motifs is 1. The highest BCUT2D eigenvalue weighted by molar-refractivity contribution is 6.74. The van der Waals surface area contributed by atoms with E-state index in [1.54, 1.807) is 4.90 Å². The van der Waals surface area contributed by atoms with Crippen molar-refractivity contribution < 1.29 is 28.6 Å². The second-order valence-electron chi connectivity index (χ2n) is 10.2. The van der Waals surface area contributed by atoms with Gasteiger partial charge in [0.1, 0.15) is 18.1 Å². The van der Waals surface area contributed by atoms with E-state index in [-0.39, 0.29) is 42.1 Å². The van der Waals surface area contributed by atoms with Crippen molar-refractivity contribution in [1.29, 1.82) is 0 Å². The van der Waals surface area contributed by atoms with Gasteiger partial charge < -0.3 is 23.9 Å². The topological polar surface area (TPSA) is 85.3 Å². The predicted octanol–water partition coefficient (Wildman–Crippen LogP) is 3.78. The van der Waals surface area contributed by atoms with Gasteiger partial charge in [0, 0.05) is 0 Å². The Kier molecular flexibility index (Phi) is 6.96. The minimum Gasteiger partial charge on any atom is -0.512 e. The number of carbonyl (C=O) groups is 2. The lowest BCUT2D eigenvalue weighted by Crippen LogP contribution is -2.76. The van der Waals surface area contributed by atoms with Crippen LogP contribution in [0, 0.1) is 11.8 Å². The van der Waals surface area contributed by atoms with E-state index >= 15 is 0 Å². The SMILES string of the molecule is C=CCOC(=O)/C=C(/O)[C@@H]1COC(C)(C)N2C(=O)[C@H]([C@@H](C)O[Si](C)(C)C(C)(C)C)[C@@H]12. The maximum atomic E-state index is 13.1. The van der Waals surface area contributed by atoms with Gasteiger partial charge in [-0.25, -0.2) is 4.79 Å². The highest BCUT2D eigenvalue weighted by Crippen LogP contribution is 2.48. The van der Waals surface area contributed by atoms with Crippen LogP contribution in [-0.4, -0.2) is 61.3 Å².